The minimum absolute atomic E-state index is 0.243. The summed E-state index contributed by atoms with van der Waals surface area (Å²) in [5.74, 6) is 1.63. The number of nitroso groups, excluding NO2 is 1. The molecule has 188 valence electrons. The van der Waals surface area contributed by atoms with E-state index in [-0.39, 0.29) is 6.04 Å². The fourth-order valence-corrected chi connectivity index (χ4v) is 5.12. The molecule has 1 fully saturated rings. The molecular formula is C29H29N5O3. The predicted molar refractivity (Wildman–Crippen MR) is 142 cm³/mol. The van der Waals surface area contributed by atoms with Gasteiger partial charge in [0, 0.05) is 48.7 Å². The molecular weight excluding hydrogens is 466 g/mol. The lowest BCUT2D eigenvalue weighted by atomic mass is 10.0. The van der Waals surface area contributed by atoms with Crippen LogP contribution < -0.4 is 4.74 Å². The highest BCUT2D eigenvalue weighted by atomic mass is 16.5. The van der Waals surface area contributed by atoms with Crippen LogP contribution in [0.3, 0.4) is 0 Å². The molecule has 3 heterocycles. The lowest BCUT2D eigenvalue weighted by Crippen LogP contribution is -2.38. The standard InChI is InChI=1S/C29H29N5O3/c35-33-26-8-4-22-19-23(3-7-25(22)26)28-27(20-9-11-30-12-10-20)31-29(32-28)21-1-5-24(6-2-21)37-18-15-34-13-16-36-17-14-34/h1-3,5-7,9-12,19,26H,4,8,13-18H2,(H,31,32). The van der Waals surface area contributed by atoms with Crippen molar-refractivity contribution in [2.45, 2.75) is 18.9 Å². The summed E-state index contributed by atoms with van der Waals surface area (Å²) in [5, 5.41) is 3.29. The smallest absolute Gasteiger partial charge is 0.138 e. The number of aromatic amines is 1. The van der Waals surface area contributed by atoms with Gasteiger partial charge in [0.1, 0.15) is 24.2 Å². The summed E-state index contributed by atoms with van der Waals surface area (Å²) in [4.78, 5) is 26.3. The maximum Gasteiger partial charge on any atom is 0.138 e. The quantitative estimate of drug-likeness (QED) is 0.335. The van der Waals surface area contributed by atoms with Crippen molar-refractivity contribution >= 4 is 0 Å². The SMILES string of the molecule is O=NC1CCc2cc(-c3nc(-c4ccc(OCCN5CCOCC5)cc4)[nH]c3-c3ccncc3)ccc21. The zero-order chi connectivity index (χ0) is 25.0. The van der Waals surface area contributed by atoms with Crippen LogP contribution in [0, 0.1) is 4.91 Å². The number of aryl methyl sites for hydroxylation is 1. The number of benzene rings is 2. The van der Waals surface area contributed by atoms with Crippen LogP contribution in [0.1, 0.15) is 23.6 Å². The Balaban J connectivity index is 1.25. The predicted octanol–water partition coefficient (Wildman–Crippen LogP) is 5.27. The van der Waals surface area contributed by atoms with E-state index in [1.165, 1.54) is 5.56 Å². The Kier molecular flexibility index (Phi) is 6.75. The number of imidazole rings is 1. The second-order valence-electron chi connectivity index (χ2n) is 9.45. The van der Waals surface area contributed by atoms with E-state index in [2.05, 4.69) is 26.1 Å². The van der Waals surface area contributed by atoms with E-state index < -0.39 is 0 Å². The van der Waals surface area contributed by atoms with Crippen molar-refractivity contribution < 1.29 is 9.47 Å². The van der Waals surface area contributed by atoms with Gasteiger partial charge in [-0.2, -0.15) is 4.91 Å². The monoisotopic (exact) mass is 495 g/mol. The number of hydrogen-bond acceptors (Lipinski definition) is 7. The number of fused-ring (bicyclic) bond motifs is 1. The summed E-state index contributed by atoms with van der Waals surface area (Å²) < 4.78 is 11.4. The van der Waals surface area contributed by atoms with Gasteiger partial charge in [-0.05, 0) is 66.4 Å². The van der Waals surface area contributed by atoms with E-state index in [0.29, 0.717) is 6.61 Å². The third-order valence-electron chi connectivity index (χ3n) is 7.17. The third-order valence-corrected chi connectivity index (χ3v) is 7.17. The number of morpholine rings is 1. The van der Waals surface area contributed by atoms with Crippen LogP contribution >= 0.6 is 0 Å². The van der Waals surface area contributed by atoms with Gasteiger partial charge >= 0.3 is 0 Å². The highest BCUT2D eigenvalue weighted by molar-refractivity contribution is 5.81. The van der Waals surface area contributed by atoms with Gasteiger partial charge in [-0.15, -0.1) is 0 Å². The van der Waals surface area contributed by atoms with Crippen molar-refractivity contribution in [3.63, 3.8) is 0 Å². The van der Waals surface area contributed by atoms with Crippen molar-refractivity contribution in [1.82, 2.24) is 19.9 Å². The van der Waals surface area contributed by atoms with Gasteiger partial charge in [-0.1, -0.05) is 17.3 Å². The molecule has 8 nitrogen and oxygen atoms in total. The number of aromatic nitrogens is 3. The van der Waals surface area contributed by atoms with Crippen LogP contribution in [0.15, 0.2) is 72.2 Å². The Morgan fingerprint density at radius 3 is 2.57 bits per heavy atom. The number of nitrogens with zero attached hydrogens (tertiary/aromatic N) is 4. The van der Waals surface area contributed by atoms with E-state index in [1.54, 1.807) is 12.4 Å². The second kappa shape index (κ2) is 10.6. The number of ether oxygens (including phenoxy) is 2. The van der Waals surface area contributed by atoms with Gasteiger partial charge in [0.15, 0.2) is 0 Å². The van der Waals surface area contributed by atoms with Gasteiger partial charge in [-0.25, -0.2) is 4.98 Å². The average molecular weight is 496 g/mol. The van der Waals surface area contributed by atoms with Crippen molar-refractivity contribution in [1.29, 1.82) is 0 Å². The second-order valence-corrected chi connectivity index (χ2v) is 9.45. The molecule has 0 amide bonds. The minimum Gasteiger partial charge on any atom is -0.492 e. The maximum atomic E-state index is 11.2. The maximum absolute atomic E-state index is 11.2. The normalized spacial score (nSPS) is 17.5. The number of pyridine rings is 1. The van der Waals surface area contributed by atoms with Gasteiger partial charge in [0.2, 0.25) is 0 Å². The number of nitrogens with one attached hydrogen (secondary N) is 1. The number of H-pyrrole nitrogens is 1. The first-order chi connectivity index (χ1) is 18.3. The minimum atomic E-state index is -0.243. The molecule has 2 aromatic carbocycles. The van der Waals surface area contributed by atoms with Crippen molar-refractivity contribution in [3.8, 4) is 39.7 Å². The summed E-state index contributed by atoms with van der Waals surface area (Å²) in [6.45, 7) is 5.05. The summed E-state index contributed by atoms with van der Waals surface area (Å²) in [5.41, 5.74) is 7.02. The molecule has 0 spiro atoms. The molecule has 1 atom stereocenters. The Bertz CT molecular complexity index is 1360. The molecule has 0 radical (unpaired) electrons. The third kappa shape index (κ3) is 5.03. The fraction of sp³-hybridized carbons (Fsp3) is 0.310. The molecule has 1 unspecified atom stereocenters. The summed E-state index contributed by atoms with van der Waals surface area (Å²) >= 11 is 0. The van der Waals surface area contributed by atoms with E-state index in [1.807, 2.05) is 48.5 Å². The Morgan fingerprint density at radius 2 is 1.78 bits per heavy atom. The van der Waals surface area contributed by atoms with Gasteiger partial charge in [0.05, 0.1) is 24.6 Å². The molecule has 1 saturated heterocycles. The van der Waals surface area contributed by atoms with Gasteiger partial charge < -0.3 is 14.5 Å². The van der Waals surface area contributed by atoms with E-state index >= 15 is 0 Å². The Labute approximate surface area is 215 Å². The Hall–Kier alpha value is -3.88. The molecule has 0 bridgehead atoms. The molecule has 0 saturated carbocycles. The lowest BCUT2D eigenvalue weighted by molar-refractivity contribution is 0.0322. The van der Waals surface area contributed by atoms with Crippen molar-refractivity contribution in [2.75, 3.05) is 39.5 Å². The Morgan fingerprint density at radius 1 is 1.00 bits per heavy atom. The topological polar surface area (TPSA) is 92.7 Å². The molecule has 4 aromatic rings. The van der Waals surface area contributed by atoms with Crippen molar-refractivity contribution in [3.05, 3.63) is 83.0 Å². The van der Waals surface area contributed by atoms with Crippen LogP contribution in [0.4, 0.5) is 0 Å². The highest BCUT2D eigenvalue weighted by Crippen LogP contribution is 2.39. The first-order valence-electron chi connectivity index (χ1n) is 12.8. The average Bonchev–Trinajstić information content (AvgIpc) is 3.59. The zero-order valence-electron chi connectivity index (χ0n) is 20.6. The molecule has 1 N–H and O–H groups in total. The largest absolute Gasteiger partial charge is 0.492 e. The fourth-order valence-electron chi connectivity index (χ4n) is 5.12. The van der Waals surface area contributed by atoms with Gasteiger partial charge in [-0.3, -0.25) is 9.88 Å². The van der Waals surface area contributed by atoms with E-state index in [4.69, 9.17) is 14.5 Å². The molecule has 8 heteroatoms. The molecule has 1 aliphatic heterocycles. The van der Waals surface area contributed by atoms with E-state index in [9.17, 15) is 4.91 Å². The van der Waals surface area contributed by atoms with Crippen LogP contribution in [0.5, 0.6) is 5.75 Å². The first kappa shape index (κ1) is 23.5. The van der Waals surface area contributed by atoms with Gasteiger partial charge in [0.25, 0.3) is 0 Å². The van der Waals surface area contributed by atoms with Crippen LogP contribution in [0.25, 0.3) is 33.9 Å². The number of rotatable bonds is 8. The molecule has 2 aliphatic rings. The van der Waals surface area contributed by atoms with Crippen LogP contribution in [0.2, 0.25) is 0 Å². The molecule has 1 aliphatic carbocycles. The zero-order valence-corrected chi connectivity index (χ0v) is 20.6. The molecule has 6 rings (SSSR count). The highest BCUT2D eigenvalue weighted by Gasteiger charge is 2.24. The molecule has 2 aromatic heterocycles. The van der Waals surface area contributed by atoms with Crippen LogP contribution in [-0.2, 0) is 11.2 Å². The number of hydrogen-bond donors (Lipinski definition) is 1. The van der Waals surface area contributed by atoms with Crippen molar-refractivity contribution in [2.24, 2.45) is 5.18 Å². The molecule has 37 heavy (non-hydrogen) atoms. The first-order valence-corrected chi connectivity index (χ1v) is 12.8. The lowest BCUT2D eigenvalue weighted by Gasteiger charge is -2.26. The van der Waals surface area contributed by atoms with Crippen LogP contribution in [-0.4, -0.2) is 59.3 Å². The summed E-state index contributed by atoms with van der Waals surface area (Å²) in [7, 11) is 0. The van der Waals surface area contributed by atoms with E-state index in [0.717, 1.165) is 90.9 Å². The summed E-state index contributed by atoms with van der Waals surface area (Å²) in [6.07, 6.45) is 5.19. The summed E-state index contributed by atoms with van der Waals surface area (Å²) in [6, 6.07) is 18.0.